The van der Waals surface area contributed by atoms with Crippen molar-refractivity contribution in [3.8, 4) is 0 Å². The first-order valence-electron chi connectivity index (χ1n) is 7.58. The summed E-state index contributed by atoms with van der Waals surface area (Å²) in [6.45, 7) is 1.58. The third-order valence-corrected chi connectivity index (χ3v) is 4.04. The molecule has 0 bridgehead atoms. The second-order valence-corrected chi connectivity index (χ2v) is 5.65. The van der Waals surface area contributed by atoms with E-state index in [1.165, 1.54) is 0 Å². The first kappa shape index (κ1) is 15.8. The van der Waals surface area contributed by atoms with Crippen molar-refractivity contribution in [3.05, 3.63) is 34.6 Å². The fourth-order valence-corrected chi connectivity index (χ4v) is 2.87. The van der Waals surface area contributed by atoms with Crippen LogP contribution in [0.25, 0.3) is 0 Å². The van der Waals surface area contributed by atoms with E-state index in [1.807, 2.05) is 24.1 Å². The molecular weight excluding hydrogens is 312 g/mol. The van der Waals surface area contributed by atoms with Crippen molar-refractivity contribution in [2.75, 3.05) is 35.7 Å². The first-order chi connectivity index (χ1) is 11.6. The minimum Gasteiger partial charge on any atom is -0.378 e. The third kappa shape index (κ3) is 3.16. The highest BCUT2D eigenvalue weighted by Gasteiger charge is 2.28. The Morgan fingerprint density at radius 1 is 1.54 bits per heavy atom. The molecule has 126 valence electrons. The lowest BCUT2D eigenvalue weighted by molar-refractivity contribution is -0.384. The molecule has 1 saturated heterocycles. The molecule has 24 heavy (non-hydrogen) atoms. The lowest BCUT2D eigenvalue weighted by Crippen LogP contribution is -2.40. The fraction of sp³-hybridized carbons (Fsp3) is 0.429. The molecule has 0 aromatic carbocycles. The van der Waals surface area contributed by atoms with E-state index in [0.717, 1.165) is 31.4 Å². The van der Waals surface area contributed by atoms with Crippen LogP contribution in [0.3, 0.4) is 0 Å². The Labute approximate surface area is 138 Å². The normalized spacial score (nSPS) is 17.0. The number of anilines is 3. The maximum Gasteiger partial charge on any atom is 0.329 e. The number of likely N-dealkylation sites (N-methyl/N-ethyl adjacent to an activating group) is 1. The molecule has 0 spiro atoms. The number of hydrogen-bond donors (Lipinski definition) is 1. The molecule has 1 unspecified atom stereocenters. The molecule has 1 aliphatic rings. The van der Waals surface area contributed by atoms with Gasteiger partial charge in [-0.3, -0.25) is 10.1 Å². The van der Waals surface area contributed by atoms with Crippen LogP contribution in [0, 0.1) is 10.1 Å². The molecule has 0 saturated carbocycles. The Balaban J connectivity index is 1.73. The molecule has 1 fully saturated rings. The van der Waals surface area contributed by atoms with Crippen molar-refractivity contribution in [1.29, 1.82) is 0 Å². The number of nitrogens with zero attached hydrogens (tertiary/aromatic N) is 7. The summed E-state index contributed by atoms with van der Waals surface area (Å²) in [4.78, 5) is 22.3. The van der Waals surface area contributed by atoms with Crippen LogP contribution in [0.2, 0.25) is 0 Å². The molecule has 3 heterocycles. The van der Waals surface area contributed by atoms with Gasteiger partial charge < -0.3 is 15.5 Å². The summed E-state index contributed by atoms with van der Waals surface area (Å²) in [5.41, 5.74) is 5.36. The fourth-order valence-electron chi connectivity index (χ4n) is 2.87. The van der Waals surface area contributed by atoms with E-state index in [2.05, 4.69) is 25.1 Å². The predicted molar refractivity (Wildman–Crippen MR) is 88.8 cm³/mol. The van der Waals surface area contributed by atoms with Crippen LogP contribution in [0.5, 0.6) is 0 Å². The van der Waals surface area contributed by atoms with Gasteiger partial charge in [0.15, 0.2) is 5.82 Å². The van der Waals surface area contributed by atoms with Gasteiger partial charge in [0.05, 0.1) is 4.92 Å². The highest BCUT2D eigenvalue weighted by molar-refractivity contribution is 5.53. The maximum absolute atomic E-state index is 10.8. The van der Waals surface area contributed by atoms with Gasteiger partial charge in [-0.1, -0.05) is 0 Å². The van der Waals surface area contributed by atoms with Crippen LogP contribution in [0.15, 0.2) is 24.5 Å². The van der Waals surface area contributed by atoms with E-state index in [1.54, 1.807) is 6.20 Å². The van der Waals surface area contributed by atoms with Gasteiger partial charge in [0, 0.05) is 32.4 Å². The van der Waals surface area contributed by atoms with Gasteiger partial charge in [0.2, 0.25) is 11.8 Å². The zero-order valence-electron chi connectivity index (χ0n) is 13.2. The summed E-state index contributed by atoms with van der Waals surface area (Å²) in [5.74, 6) is 1.08. The van der Waals surface area contributed by atoms with Gasteiger partial charge in [-0.2, -0.15) is 10.1 Å². The third-order valence-electron chi connectivity index (χ3n) is 4.04. The van der Waals surface area contributed by atoms with Crippen LogP contribution in [-0.4, -0.2) is 51.3 Å². The Bertz CT molecular complexity index is 726. The molecule has 1 aliphatic heterocycles. The molecule has 1 atom stereocenters. The molecule has 0 radical (unpaired) electrons. The summed E-state index contributed by atoms with van der Waals surface area (Å²) < 4.78 is 0. The number of rotatable bonds is 5. The largest absolute Gasteiger partial charge is 0.378 e. The molecule has 2 aromatic heterocycles. The van der Waals surface area contributed by atoms with E-state index in [-0.39, 0.29) is 17.5 Å². The lowest BCUT2D eigenvalue weighted by atomic mass is 10.2. The van der Waals surface area contributed by atoms with Crippen molar-refractivity contribution in [1.82, 2.24) is 20.2 Å². The topological polar surface area (TPSA) is 127 Å². The van der Waals surface area contributed by atoms with Crippen LogP contribution < -0.4 is 15.5 Å². The van der Waals surface area contributed by atoms with Crippen molar-refractivity contribution >= 4 is 23.3 Å². The van der Waals surface area contributed by atoms with E-state index in [4.69, 9.17) is 5.73 Å². The van der Waals surface area contributed by atoms with E-state index in [0.29, 0.717) is 12.5 Å². The van der Waals surface area contributed by atoms with E-state index < -0.39 is 4.92 Å². The van der Waals surface area contributed by atoms with Gasteiger partial charge in [0.25, 0.3) is 0 Å². The summed E-state index contributed by atoms with van der Waals surface area (Å²) >= 11 is 0. The average Bonchev–Trinajstić information content (AvgIpc) is 3.03. The number of nitrogens with two attached hydrogens (primary N) is 1. The van der Waals surface area contributed by atoms with Gasteiger partial charge in [-0.05, 0) is 25.0 Å². The summed E-state index contributed by atoms with van der Waals surface area (Å²) in [6, 6.07) is 4.04. The van der Waals surface area contributed by atoms with Crippen molar-refractivity contribution in [2.24, 2.45) is 0 Å². The molecule has 10 nitrogen and oxygen atoms in total. The monoisotopic (exact) mass is 330 g/mol. The minimum atomic E-state index is -0.591. The number of aromatic nitrogens is 4. The second-order valence-electron chi connectivity index (χ2n) is 5.65. The maximum atomic E-state index is 10.8. The van der Waals surface area contributed by atoms with E-state index in [9.17, 15) is 10.1 Å². The van der Waals surface area contributed by atoms with Gasteiger partial charge in [0.1, 0.15) is 6.20 Å². The van der Waals surface area contributed by atoms with Crippen LogP contribution in [-0.2, 0) is 0 Å². The van der Waals surface area contributed by atoms with Crippen LogP contribution in [0.1, 0.15) is 12.8 Å². The number of nitrogen functional groups attached to an aromatic ring is 1. The summed E-state index contributed by atoms with van der Waals surface area (Å²) in [6.07, 6.45) is 4.87. The Hall–Kier alpha value is -3.04. The lowest BCUT2D eigenvalue weighted by Gasteiger charge is -2.29. The molecule has 2 aromatic rings. The molecule has 2 N–H and O–H groups in total. The molecule has 10 heteroatoms. The van der Waals surface area contributed by atoms with Crippen molar-refractivity contribution in [2.45, 2.75) is 18.9 Å². The molecule has 3 rings (SSSR count). The van der Waals surface area contributed by atoms with E-state index >= 15 is 0 Å². The van der Waals surface area contributed by atoms with Crippen molar-refractivity contribution < 1.29 is 4.92 Å². The van der Waals surface area contributed by atoms with Gasteiger partial charge in [-0.25, -0.2) is 4.98 Å². The summed E-state index contributed by atoms with van der Waals surface area (Å²) in [5, 5.41) is 18.9. The van der Waals surface area contributed by atoms with Crippen LogP contribution in [0.4, 0.5) is 23.3 Å². The minimum absolute atomic E-state index is 0.131. The Kier molecular flexibility index (Phi) is 4.36. The molecule has 0 aliphatic carbocycles. The van der Waals surface area contributed by atoms with Gasteiger partial charge in [-0.15, -0.1) is 5.10 Å². The Morgan fingerprint density at radius 2 is 2.38 bits per heavy atom. The zero-order chi connectivity index (χ0) is 17.1. The SMILES string of the molecule is CN(CC1CCCN1c1cccnn1)c1ncc([N+](=O)[O-])c(N)n1. The smallest absolute Gasteiger partial charge is 0.329 e. The number of nitro groups is 1. The standard InChI is InChI=1S/C14H18N8O2/c1-20(14-16-8-11(22(23)24)13(15)18-14)9-10-4-3-7-21(10)12-5-2-6-17-19-12/h2,5-6,8,10H,3-4,7,9H2,1H3,(H2,15,16,18). The number of hydrogen-bond acceptors (Lipinski definition) is 9. The van der Waals surface area contributed by atoms with Gasteiger partial charge >= 0.3 is 5.69 Å². The highest BCUT2D eigenvalue weighted by Crippen LogP contribution is 2.25. The second kappa shape index (κ2) is 6.60. The average molecular weight is 330 g/mol. The summed E-state index contributed by atoms with van der Waals surface area (Å²) in [7, 11) is 1.84. The quantitative estimate of drug-likeness (QED) is 0.627. The van der Waals surface area contributed by atoms with Crippen molar-refractivity contribution in [3.63, 3.8) is 0 Å². The van der Waals surface area contributed by atoms with Crippen LogP contribution >= 0.6 is 0 Å². The predicted octanol–water partition coefficient (Wildman–Crippen LogP) is 0.862. The molecule has 0 amide bonds. The Morgan fingerprint density at radius 3 is 3.04 bits per heavy atom. The zero-order valence-corrected chi connectivity index (χ0v) is 13.2. The molecular formula is C14H18N8O2. The highest BCUT2D eigenvalue weighted by atomic mass is 16.6. The first-order valence-corrected chi connectivity index (χ1v) is 7.58.